The van der Waals surface area contributed by atoms with Gasteiger partial charge in [-0.1, -0.05) is 20.8 Å². The van der Waals surface area contributed by atoms with Gasteiger partial charge >= 0.3 is 0 Å². The number of carbonyl (C=O) groups excluding carboxylic acids is 2. The zero-order valence-corrected chi connectivity index (χ0v) is 17.0. The standard InChI is InChI=1S/C20H24N6O3/c1-20(2,3)17-11-16(26(4)25-17)19(28)24-23-18(27)15-10-14(21-22-15)12-6-8-13(29-5)9-7-12/h6-11H,1-5H3,(H,21,22)(H,23,27)(H,24,28). The molecular weight excluding hydrogens is 372 g/mol. The van der Waals surface area contributed by atoms with Crippen molar-refractivity contribution in [1.29, 1.82) is 0 Å². The van der Waals surface area contributed by atoms with E-state index in [9.17, 15) is 9.59 Å². The van der Waals surface area contributed by atoms with Gasteiger partial charge in [0, 0.05) is 18.0 Å². The van der Waals surface area contributed by atoms with Crippen molar-refractivity contribution >= 4 is 11.8 Å². The normalized spacial score (nSPS) is 11.2. The van der Waals surface area contributed by atoms with Crippen molar-refractivity contribution in [3.8, 4) is 17.0 Å². The van der Waals surface area contributed by atoms with Crippen molar-refractivity contribution in [2.75, 3.05) is 7.11 Å². The van der Waals surface area contributed by atoms with E-state index in [1.807, 2.05) is 45.0 Å². The second-order valence-electron chi connectivity index (χ2n) is 7.59. The number of aryl methyl sites for hydroxylation is 1. The van der Waals surface area contributed by atoms with Crippen molar-refractivity contribution in [2.45, 2.75) is 26.2 Å². The molecule has 0 fully saturated rings. The van der Waals surface area contributed by atoms with Gasteiger partial charge in [0.1, 0.15) is 17.1 Å². The molecule has 3 N–H and O–H groups in total. The lowest BCUT2D eigenvalue weighted by molar-refractivity contribution is 0.0838. The summed E-state index contributed by atoms with van der Waals surface area (Å²) in [6.45, 7) is 6.03. The van der Waals surface area contributed by atoms with Gasteiger partial charge in [-0.3, -0.25) is 30.2 Å². The summed E-state index contributed by atoms with van der Waals surface area (Å²) < 4.78 is 6.62. The predicted octanol–water partition coefficient (Wildman–Crippen LogP) is 2.19. The number of hydrazine groups is 1. The molecule has 0 aliphatic rings. The van der Waals surface area contributed by atoms with Crippen molar-refractivity contribution in [3.05, 3.63) is 53.5 Å². The first-order chi connectivity index (χ1) is 13.7. The van der Waals surface area contributed by atoms with Gasteiger partial charge in [0.25, 0.3) is 11.8 Å². The number of hydrogen-bond acceptors (Lipinski definition) is 5. The van der Waals surface area contributed by atoms with E-state index in [1.165, 1.54) is 4.68 Å². The summed E-state index contributed by atoms with van der Waals surface area (Å²) in [4.78, 5) is 24.7. The van der Waals surface area contributed by atoms with Crippen molar-refractivity contribution < 1.29 is 14.3 Å². The predicted molar refractivity (Wildman–Crippen MR) is 107 cm³/mol. The van der Waals surface area contributed by atoms with Crippen LogP contribution in [0.15, 0.2) is 36.4 Å². The second kappa shape index (κ2) is 7.78. The minimum absolute atomic E-state index is 0.187. The van der Waals surface area contributed by atoms with E-state index in [4.69, 9.17) is 4.74 Å². The van der Waals surface area contributed by atoms with Gasteiger partial charge in [0.15, 0.2) is 0 Å². The number of benzene rings is 1. The van der Waals surface area contributed by atoms with Gasteiger partial charge in [-0.25, -0.2) is 0 Å². The summed E-state index contributed by atoms with van der Waals surface area (Å²) in [5.41, 5.74) is 7.38. The second-order valence-corrected chi connectivity index (χ2v) is 7.59. The fourth-order valence-electron chi connectivity index (χ4n) is 2.64. The smallest absolute Gasteiger partial charge is 0.287 e. The molecule has 9 nitrogen and oxygen atoms in total. The summed E-state index contributed by atoms with van der Waals surface area (Å²) in [5.74, 6) is -0.239. The van der Waals surface area contributed by atoms with E-state index in [-0.39, 0.29) is 11.1 Å². The van der Waals surface area contributed by atoms with Gasteiger partial charge in [-0.15, -0.1) is 0 Å². The van der Waals surface area contributed by atoms with Crippen LogP contribution in [0.2, 0.25) is 0 Å². The highest BCUT2D eigenvalue weighted by molar-refractivity contribution is 5.98. The molecule has 9 heteroatoms. The Morgan fingerprint density at radius 1 is 1.07 bits per heavy atom. The maximum Gasteiger partial charge on any atom is 0.287 e. The molecule has 3 rings (SSSR count). The number of amides is 2. The average molecular weight is 396 g/mol. The molecule has 0 aliphatic carbocycles. The van der Waals surface area contributed by atoms with Crippen LogP contribution in [0.5, 0.6) is 5.75 Å². The number of nitrogens with zero attached hydrogens (tertiary/aromatic N) is 3. The van der Waals surface area contributed by atoms with Crippen LogP contribution < -0.4 is 15.6 Å². The fourth-order valence-corrected chi connectivity index (χ4v) is 2.64. The van der Waals surface area contributed by atoms with E-state index in [2.05, 4.69) is 26.1 Å². The van der Waals surface area contributed by atoms with E-state index < -0.39 is 11.8 Å². The molecule has 2 aromatic heterocycles. The molecule has 0 radical (unpaired) electrons. The number of rotatable bonds is 4. The molecule has 1 aromatic carbocycles. The topological polar surface area (TPSA) is 114 Å². The molecule has 2 heterocycles. The van der Waals surface area contributed by atoms with Crippen LogP contribution in [0.3, 0.4) is 0 Å². The van der Waals surface area contributed by atoms with E-state index in [0.717, 1.165) is 17.0 Å². The Hall–Kier alpha value is -3.62. The van der Waals surface area contributed by atoms with Crippen LogP contribution in [-0.4, -0.2) is 38.9 Å². The summed E-state index contributed by atoms with van der Waals surface area (Å²) in [6, 6.07) is 10.6. The van der Waals surface area contributed by atoms with Crippen LogP contribution in [0.25, 0.3) is 11.3 Å². The average Bonchev–Trinajstić information content (AvgIpc) is 3.33. The molecule has 152 valence electrons. The molecule has 0 unspecified atom stereocenters. The number of methoxy groups -OCH3 is 1. The first kappa shape index (κ1) is 20.1. The van der Waals surface area contributed by atoms with Crippen LogP contribution in [0.1, 0.15) is 47.4 Å². The third-order valence-electron chi connectivity index (χ3n) is 4.38. The fraction of sp³-hybridized carbons (Fsp3) is 0.300. The number of aromatic nitrogens is 4. The summed E-state index contributed by atoms with van der Waals surface area (Å²) in [6.07, 6.45) is 0. The van der Waals surface area contributed by atoms with Gasteiger partial charge in [0.05, 0.1) is 18.5 Å². The Morgan fingerprint density at radius 3 is 2.31 bits per heavy atom. The molecular formula is C20H24N6O3. The van der Waals surface area contributed by atoms with Crippen LogP contribution in [-0.2, 0) is 12.5 Å². The van der Waals surface area contributed by atoms with Gasteiger partial charge in [0.2, 0.25) is 0 Å². The van der Waals surface area contributed by atoms with Crippen LogP contribution in [0, 0.1) is 0 Å². The maximum atomic E-state index is 12.4. The van der Waals surface area contributed by atoms with Crippen molar-refractivity contribution in [2.24, 2.45) is 7.05 Å². The number of hydrogen-bond donors (Lipinski definition) is 3. The summed E-state index contributed by atoms with van der Waals surface area (Å²) in [7, 11) is 3.28. The first-order valence-electron chi connectivity index (χ1n) is 9.04. The molecule has 0 saturated heterocycles. The minimum Gasteiger partial charge on any atom is -0.497 e. The SMILES string of the molecule is COc1ccc(-c2cc(C(=O)NNC(=O)c3cc(C(C)(C)C)nn3C)[nH]n2)cc1. The Labute approximate surface area is 168 Å². The lowest BCUT2D eigenvalue weighted by atomic mass is 9.92. The third-order valence-corrected chi connectivity index (χ3v) is 4.38. The van der Waals surface area contributed by atoms with Crippen LogP contribution >= 0.6 is 0 Å². The Balaban J connectivity index is 1.64. The molecule has 29 heavy (non-hydrogen) atoms. The van der Waals surface area contributed by atoms with Crippen molar-refractivity contribution in [3.63, 3.8) is 0 Å². The molecule has 3 aromatic rings. The third kappa shape index (κ3) is 4.45. The maximum absolute atomic E-state index is 12.4. The Kier molecular flexibility index (Phi) is 5.40. The molecule has 0 bridgehead atoms. The summed E-state index contributed by atoms with van der Waals surface area (Å²) >= 11 is 0. The molecule has 0 saturated carbocycles. The van der Waals surface area contributed by atoms with Gasteiger partial charge in [-0.2, -0.15) is 10.2 Å². The Morgan fingerprint density at radius 2 is 1.72 bits per heavy atom. The molecule has 0 atom stereocenters. The monoisotopic (exact) mass is 396 g/mol. The van der Waals surface area contributed by atoms with E-state index >= 15 is 0 Å². The zero-order chi connectivity index (χ0) is 21.2. The molecule has 2 amide bonds. The highest BCUT2D eigenvalue weighted by Crippen LogP contribution is 2.22. The quantitative estimate of drug-likeness (QED) is 0.585. The zero-order valence-electron chi connectivity index (χ0n) is 17.0. The lowest BCUT2D eigenvalue weighted by Crippen LogP contribution is -2.42. The number of aromatic amines is 1. The van der Waals surface area contributed by atoms with Gasteiger partial charge in [-0.05, 0) is 36.4 Å². The number of H-pyrrole nitrogens is 1. The lowest BCUT2D eigenvalue weighted by Gasteiger charge is -2.13. The Bertz CT molecular complexity index is 1030. The van der Waals surface area contributed by atoms with Crippen molar-refractivity contribution in [1.82, 2.24) is 30.8 Å². The van der Waals surface area contributed by atoms with Gasteiger partial charge < -0.3 is 4.74 Å². The largest absolute Gasteiger partial charge is 0.497 e. The van der Waals surface area contributed by atoms with Crippen LogP contribution in [0.4, 0.5) is 0 Å². The van der Waals surface area contributed by atoms with E-state index in [0.29, 0.717) is 11.4 Å². The highest BCUT2D eigenvalue weighted by atomic mass is 16.5. The molecule has 0 aliphatic heterocycles. The number of ether oxygens (including phenoxy) is 1. The number of carbonyl (C=O) groups is 2. The summed E-state index contributed by atoms with van der Waals surface area (Å²) in [5, 5.41) is 11.2. The highest BCUT2D eigenvalue weighted by Gasteiger charge is 2.22. The minimum atomic E-state index is -0.510. The molecule has 0 spiro atoms. The van der Waals surface area contributed by atoms with E-state index in [1.54, 1.807) is 26.3 Å². The number of nitrogens with one attached hydrogen (secondary N) is 3. The first-order valence-corrected chi connectivity index (χ1v) is 9.04.